The molecule has 9 atom stereocenters. The molecule has 1 aliphatic carbocycles. The molecular weight excluding hydrogens is 750 g/mol. The van der Waals surface area contributed by atoms with Crippen LogP contribution in [0.2, 0.25) is 0 Å². The molecule has 1 amide bonds. The second-order valence-corrected chi connectivity index (χ2v) is 15.9. The Morgan fingerprint density at radius 1 is 0.948 bits per heavy atom. The van der Waals surface area contributed by atoms with Gasteiger partial charge in [0.15, 0.2) is 0 Å². The van der Waals surface area contributed by atoms with Crippen molar-refractivity contribution in [3.05, 3.63) is 69.8 Å². The van der Waals surface area contributed by atoms with Crippen molar-refractivity contribution in [2.45, 2.75) is 105 Å². The summed E-state index contributed by atoms with van der Waals surface area (Å²) in [4.78, 5) is 75.6. The zero-order valence-electron chi connectivity index (χ0n) is 34.5. The molecule has 6 rings (SSSR count). The van der Waals surface area contributed by atoms with Crippen LogP contribution >= 0.6 is 0 Å². The molecule has 1 fully saturated rings. The highest BCUT2D eigenvalue weighted by Crippen LogP contribution is 2.48. The predicted molar refractivity (Wildman–Crippen MR) is 212 cm³/mol. The lowest BCUT2D eigenvalue weighted by molar-refractivity contribution is -0.160. The largest absolute Gasteiger partial charge is 0.507 e. The molecule has 4 N–H and O–H groups in total. The van der Waals surface area contributed by atoms with E-state index in [1.54, 1.807) is 39.8 Å². The zero-order chi connectivity index (χ0) is 42.8. The number of aromatic hydroxyl groups is 1. The van der Waals surface area contributed by atoms with E-state index in [1.807, 2.05) is 4.90 Å². The number of fused-ring (bicyclic) bond motifs is 14. The molecule has 1 aromatic rings. The number of esters is 1. The Morgan fingerprint density at radius 3 is 2.26 bits per heavy atom. The molecule has 0 radical (unpaired) electrons. The quantitative estimate of drug-likeness (QED) is 0.188. The van der Waals surface area contributed by atoms with Gasteiger partial charge in [0.2, 0.25) is 11.6 Å². The molecule has 314 valence electrons. The molecule has 5 bridgehead atoms. The maximum atomic E-state index is 14.6. The van der Waals surface area contributed by atoms with Gasteiger partial charge in [0.1, 0.15) is 29.0 Å². The van der Waals surface area contributed by atoms with Gasteiger partial charge in [-0.25, -0.2) is 4.99 Å². The third-order valence-corrected chi connectivity index (χ3v) is 11.7. The van der Waals surface area contributed by atoms with E-state index in [1.165, 1.54) is 59.6 Å². The minimum atomic E-state index is -2.09. The number of carbonyl (C=O) groups excluding carboxylic acids is 5. The summed E-state index contributed by atoms with van der Waals surface area (Å²) in [6.07, 6.45) is 7.65. The van der Waals surface area contributed by atoms with Crippen molar-refractivity contribution >= 4 is 35.6 Å². The van der Waals surface area contributed by atoms with Gasteiger partial charge in [-0.2, -0.15) is 0 Å². The van der Waals surface area contributed by atoms with Crippen LogP contribution in [0.5, 0.6) is 11.5 Å². The van der Waals surface area contributed by atoms with Gasteiger partial charge in [-0.3, -0.25) is 24.0 Å². The van der Waals surface area contributed by atoms with Gasteiger partial charge < -0.3 is 44.5 Å². The number of nitrogens with one attached hydrogen (secondary N) is 1. The third-order valence-electron chi connectivity index (χ3n) is 11.7. The highest BCUT2D eigenvalue weighted by atomic mass is 16.7. The van der Waals surface area contributed by atoms with Crippen LogP contribution in [0, 0.1) is 30.6 Å². The number of allylic oxidation sites excluding steroid dienone is 4. The second-order valence-electron chi connectivity index (χ2n) is 15.9. The number of ketones is 3. The summed E-state index contributed by atoms with van der Waals surface area (Å²) >= 11 is 0. The molecule has 4 aliphatic heterocycles. The number of aliphatic hydroxyl groups excluding tert-OH is 2. The second kappa shape index (κ2) is 17.8. The lowest BCUT2D eigenvalue weighted by atomic mass is 9.78. The third kappa shape index (κ3) is 8.52. The monoisotopic (exact) mass is 805 g/mol. The number of hydrogen-bond donors (Lipinski definition) is 4. The number of piperidine rings is 1. The number of rotatable bonds is 4. The number of methoxy groups -OCH3 is 1. The first kappa shape index (κ1) is 44.0. The Kier molecular flexibility index (Phi) is 13.5. The van der Waals surface area contributed by atoms with Crippen molar-refractivity contribution in [3.63, 3.8) is 0 Å². The summed E-state index contributed by atoms with van der Waals surface area (Å²) in [5.74, 6) is -9.38. The summed E-state index contributed by atoms with van der Waals surface area (Å²) in [7, 11) is 1.42. The number of Topliss-reactive ketones (excluding diaryl/α,β-unsaturated/α-hetero) is 3. The van der Waals surface area contributed by atoms with Crippen LogP contribution in [0.25, 0.3) is 0 Å². The van der Waals surface area contributed by atoms with Crippen LogP contribution in [0.4, 0.5) is 0 Å². The van der Waals surface area contributed by atoms with Crippen LogP contribution in [0.3, 0.4) is 0 Å². The summed E-state index contributed by atoms with van der Waals surface area (Å²) in [6, 6.07) is 0. The summed E-state index contributed by atoms with van der Waals surface area (Å²) in [6.45, 7) is 13.7. The molecule has 15 nitrogen and oxygen atoms in total. The Balaban J connectivity index is 1.66. The Morgan fingerprint density at radius 2 is 1.62 bits per heavy atom. The smallest absolute Gasteiger partial charge is 0.312 e. The number of aliphatic hydroxyl groups is 2. The molecule has 4 heterocycles. The molecule has 1 saturated heterocycles. The van der Waals surface area contributed by atoms with E-state index in [2.05, 4.69) is 10.3 Å². The minimum absolute atomic E-state index is 0.0112. The minimum Gasteiger partial charge on any atom is -0.507 e. The number of phenols is 1. The van der Waals surface area contributed by atoms with Crippen molar-refractivity contribution in [3.8, 4) is 11.5 Å². The van der Waals surface area contributed by atoms with Crippen LogP contribution in [-0.2, 0) is 23.8 Å². The van der Waals surface area contributed by atoms with Gasteiger partial charge in [0, 0.05) is 68.9 Å². The molecule has 0 unspecified atom stereocenters. The fraction of sp³-hybridized carbons (Fsp3) is 0.535. The average molecular weight is 806 g/mol. The number of amides is 1. The van der Waals surface area contributed by atoms with Crippen molar-refractivity contribution in [2.24, 2.45) is 28.7 Å². The number of ether oxygens (including phenoxy) is 4. The van der Waals surface area contributed by atoms with E-state index in [0.29, 0.717) is 13.1 Å². The van der Waals surface area contributed by atoms with Crippen LogP contribution in [0.1, 0.15) is 104 Å². The van der Waals surface area contributed by atoms with Gasteiger partial charge in [0.05, 0.1) is 47.6 Å². The average Bonchev–Trinajstić information content (AvgIpc) is 3.46. The van der Waals surface area contributed by atoms with Crippen LogP contribution in [0.15, 0.2) is 52.5 Å². The molecule has 5 aliphatic rings. The van der Waals surface area contributed by atoms with Crippen molar-refractivity contribution in [1.29, 1.82) is 0 Å². The van der Waals surface area contributed by atoms with Crippen molar-refractivity contribution < 1.29 is 58.2 Å². The highest BCUT2D eigenvalue weighted by molar-refractivity contribution is 6.32. The number of nitrogens with zero attached hydrogens (tertiary/aromatic N) is 2. The first-order valence-electron chi connectivity index (χ1n) is 19.7. The Hall–Kier alpha value is -5.12. The lowest BCUT2D eigenvalue weighted by Gasteiger charge is -2.38. The SMILES string of the molecule is CO[C@H]1/C=C/O[C@@]2(C)Oc3c(C)c(O)c4c(c3C2=O)C(=O)C(N=CN2CCCCC2)=C(NC(=O)/C(C)=C\C=C\[C@@H](C)[C@H](O)[C@@H](C)[C@H](O)[C@@H](C)[C@H](OC(C)=O)[C@@H]1C)C4=O. The van der Waals surface area contributed by atoms with E-state index < -0.39 is 111 Å². The number of hydrogen-bond acceptors (Lipinski definition) is 13. The van der Waals surface area contributed by atoms with Gasteiger partial charge >= 0.3 is 11.8 Å². The van der Waals surface area contributed by atoms with Gasteiger partial charge in [-0.1, -0.05) is 45.9 Å². The first-order chi connectivity index (χ1) is 27.3. The molecule has 15 heteroatoms. The van der Waals surface area contributed by atoms with E-state index in [9.17, 15) is 39.3 Å². The maximum absolute atomic E-state index is 14.6. The molecule has 58 heavy (non-hydrogen) atoms. The van der Waals surface area contributed by atoms with Crippen molar-refractivity contribution in [2.75, 3.05) is 20.2 Å². The van der Waals surface area contributed by atoms with E-state index in [-0.39, 0.29) is 22.4 Å². The topological polar surface area (TPSA) is 211 Å². The van der Waals surface area contributed by atoms with Gasteiger partial charge in [0.25, 0.3) is 11.7 Å². The standard InChI is InChI=1S/C43H55N3O12/c1-21-14-13-15-22(2)42(54)45-33-32(44-20-46-17-11-10-12-18-46)37(51)29-30(38(33)52)36(50)26(6)40-31(29)41(53)43(8,58-40)56-19-16-28(55-9)23(3)39(57-27(7)47)25(5)35(49)24(4)34(21)48/h13-16,19-21,23-25,28,34-35,39,48-50H,10-12,17-18H2,1-9H3,(H,45,54)/b14-13+,19-16+,22-15-,44-20?/t21-,23-,24-,25-,28+,34+,35+,39-,43+/m1/s1. The van der Waals surface area contributed by atoms with E-state index in [4.69, 9.17) is 18.9 Å². The first-order valence-corrected chi connectivity index (χ1v) is 19.7. The molecule has 1 aromatic carbocycles. The number of benzene rings is 1. The van der Waals surface area contributed by atoms with Gasteiger partial charge in [-0.15, -0.1) is 0 Å². The number of phenolic OH excluding ortho intramolecular Hbond substituents is 1. The van der Waals surface area contributed by atoms with Gasteiger partial charge in [-0.05, 0) is 39.2 Å². The summed E-state index contributed by atoms with van der Waals surface area (Å²) in [5, 5.41) is 36.8. The fourth-order valence-electron chi connectivity index (χ4n) is 7.97. The van der Waals surface area contributed by atoms with Crippen LogP contribution in [-0.4, -0.2) is 106 Å². The van der Waals surface area contributed by atoms with E-state index in [0.717, 1.165) is 19.3 Å². The molecule has 0 aromatic heterocycles. The lowest BCUT2D eigenvalue weighted by Crippen LogP contribution is -2.46. The van der Waals surface area contributed by atoms with Crippen molar-refractivity contribution in [1.82, 2.24) is 10.2 Å². The molecule has 0 saturated carbocycles. The Labute approximate surface area is 338 Å². The normalized spacial score (nSPS) is 33.3. The number of carbonyl (C=O) groups is 5. The summed E-state index contributed by atoms with van der Waals surface area (Å²) in [5.41, 5.74) is -2.00. The maximum Gasteiger partial charge on any atom is 0.312 e. The van der Waals surface area contributed by atoms with Crippen LogP contribution < -0.4 is 10.1 Å². The summed E-state index contributed by atoms with van der Waals surface area (Å²) < 4.78 is 23.5. The fourth-order valence-corrected chi connectivity index (χ4v) is 7.97. The predicted octanol–water partition coefficient (Wildman–Crippen LogP) is 4.47. The Bertz CT molecular complexity index is 1990. The zero-order valence-corrected chi connectivity index (χ0v) is 34.5. The number of likely N-dealkylation sites (tertiary alicyclic amines) is 1. The highest BCUT2D eigenvalue weighted by Gasteiger charge is 2.53. The molecular formula is C43H55N3O12. The molecule has 0 spiro atoms. The number of aliphatic imine (C=N–C) groups is 1. The van der Waals surface area contributed by atoms with E-state index >= 15 is 0 Å².